The minimum atomic E-state index is -0.295. The van der Waals surface area contributed by atoms with Gasteiger partial charge in [0.1, 0.15) is 5.82 Å². The van der Waals surface area contributed by atoms with Crippen LogP contribution in [0.25, 0.3) is 0 Å². The second-order valence-corrected chi connectivity index (χ2v) is 4.05. The molecule has 0 saturated carbocycles. The lowest BCUT2D eigenvalue weighted by atomic mass is 10.1. The molecule has 0 heterocycles. The molecule has 13 heavy (non-hydrogen) atoms. The van der Waals surface area contributed by atoms with Gasteiger partial charge in [0, 0.05) is 16.8 Å². The number of thioether (sulfide) groups is 1. The summed E-state index contributed by atoms with van der Waals surface area (Å²) in [6.45, 7) is 0. The van der Waals surface area contributed by atoms with Gasteiger partial charge in [-0.15, -0.1) is 0 Å². The van der Waals surface area contributed by atoms with E-state index in [2.05, 4.69) is 0 Å². The van der Waals surface area contributed by atoms with E-state index in [9.17, 15) is 4.39 Å². The number of benzene rings is 1. The fourth-order valence-corrected chi connectivity index (χ4v) is 1.86. The summed E-state index contributed by atoms with van der Waals surface area (Å²) in [6, 6.07) is 4.06. The topological polar surface area (TPSA) is 26.0 Å². The van der Waals surface area contributed by atoms with Crippen molar-refractivity contribution >= 4 is 23.4 Å². The number of hydrogen-bond acceptors (Lipinski definition) is 2. The predicted molar refractivity (Wildman–Crippen MR) is 56.7 cm³/mol. The maximum absolute atomic E-state index is 12.8. The third-order valence-electron chi connectivity index (χ3n) is 1.70. The molecule has 1 nitrogen and oxygen atoms in total. The fourth-order valence-electron chi connectivity index (χ4n) is 1.07. The molecule has 0 bridgehead atoms. The zero-order valence-electron chi connectivity index (χ0n) is 7.26. The molecule has 0 saturated heterocycles. The van der Waals surface area contributed by atoms with Crippen LogP contribution in [0.15, 0.2) is 18.2 Å². The molecule has 0 aliphatic carbocycles. The number of halogens is 2. The molecule has 1 unspecified atom stereocenters. The Labute approximate surface area is 86.5 Å². The molecule has 0 spiro atoms. The monoisotopic (exact) mass is 219 g/mol. The number of rotatable bonds is 3. The van der Waals surface area contributed by atoms with Crippen molar-refractivity contribution in [3.8, 4) is 0 Å². The fraction of sp³-hybridized carbons (Fsp3) is 0.333. The largest absolute Gasteiger partial charge is 0.323 e. The van der Waals surface area contributed by atoms with Crippen molar-refractivity contribution in [2.45, 2.75) is 6.04 Å². The Bertz CT molecular complexity index is 293. The Balaban J connectivity index is 2.91. The highest BCUT2D eigenvalue weighted by Gasteiger charge is 2.10. The van der Waals surface area contributed by atoms with Crippen molar-refractivity contribution < 1.29 is 4.39 Å². The molecule has 1 atom stereocenters. The van der Waals surface area contributed by atoms with Gasteiger partial charge in [-0.25, -0.2) is 4.39 Å². The molecule has 1 aromatic carbocycles. The summed E-state index contributed by atoms with van der Waals surface area (Å²) in [5, 5.41) is 0.531. The van der Waals surface area contributed by atoms with Crippen LogP contribution in [0.4, 0.5) is 4.39 Å². The zero-order valence-corrected chi connectivity index (χ0v) is 8.83. The van der Waals surface area contributed by atoms with Crippen molar-refractivity contribution in [3.05, 3.63) is 34.6 Å². The first-order chi connectivity index (χ1) is 6.15. The molecular formula is C9H11ClFNS. The van der Waals surface area contributed by atoms with Gasteiger partial charge in [-0.1, -0.05) is 11.6 Å². The molecule has 0 fully saturated rings. The van der Waals surface area contributed by atoms with Crippen LogP contribution >= 0.6 is 23.4 Å². The third-order valence-corrected chi connectivity index (χ3v) is 2.74. The van der Waals surface area contributed by atoms with Gasteiger partial charge in [0.25, 0.3) is 0 Å². The molecule has 72 valence electrons. The van der Waals surface area contributed by atoms with Crippen LogP contribution in [0.3, 0.4) is 0 Å². The van der Waals surface area contributed by atoms with E-state index >= 15 is 0 Å². The van der Waals surface area contributed by atoms with Gasteiger partial charge >= 0.3 is 0 Å². The molecule has 1 aromatic rings. The van der Waals surface area contributed by atoms with Crippen molar-refractivity contribution in [3.63, 3.8) is 0 Å². The third kappa shape index (κ3) is 2.86. The van der Waals surface area contributed by atoms with Gasteiger partial charge in [0.2, 0.25) is 0 Å². The Morgan fingerprint density at radius 3 is 2.92 bits per heavy atom. The molecule has 0 aliphatic heterocycles. The maximum Gasteiger partial charge on any atom is 0.123 e. The predicted octanol–water partition coefficient (Wildman–Crippen LogP) is 2.84. The summed E-state index contributed by atoms with van der Waals surface area (Å²) in [5.41, 5.74) is 6.48. The summed E-state index contributed by atoms with van der Waals surface area (Å²) in [4.78, 5) is 0. The molecule has 0 aliphatic rings. The van der Waals surface area contributed by atoms with E-state index in [-0.39, 0.29) is 11.9 Å². The molecule has 1 rings (SSSR count). The Morgan fingerprint density at radius 1 is 1.62 bits per heavy atom. The van der Waals surface area contributed by atoms with Gasteiger partial charge in [0.15, 0.2) is 0 Å². The number of hydrogen-bond donors (Lipinski definition) is 1. The number of nitrogens with two attached hydrogens (primary N) is 1. The maximum atomic E-state index is 12.8. The van der Waals surface area contributed by atoms with Gasteiger partial charge in [-0.2, -0.15) is 11.8 Å². The second kappa shape index (κ2) is 4.84. The van der Waals surface area contributed by atoms with E-state index in [1.54, 1.807) is 11.8 Å². The van der Waals surface area contributed by atoms with Crippen LogP contribution in [-0.4, -0.2) is 12.0 Å². The lowest BCUT2D eigenvalue weighted by molar-refractivity contribution is 0.623. The van der Waals surface area contributed by atoms with Crippen LogP contribution in [0, 0.1) is 5.82 Å². The summed E-state index contributed by atoms with van der Waals surface area (Å²) in [5.74, 6) is 0.444. The summed E-state index contributed by atoms with van der Waals surface area (Å²) in [6.07, 6.45) is 1.95. The van der Waals surface area contributed by atoms with Crippen molar-refractivity contribution in [2.75, 3.05) is 12.0 Å². The second-order valence-electron chi connectivity index (χ2n) is 2.73. The van der Waals surface area contributed by atoms with E-state index in [4.69, 9.17) is 17.3 Å². The Morgan fingerprint density at radius 2 is 2.31 bits per heavy atom. The van der Waals surface area contributed by atoms with Crippen molar-refractivity contribution in [1.29, 1.82) is 0 Å². The highest BCUT2D eigenvalue weighted by molar-refractivity contribution is 7.98. The first-order valence-electron chi connectivity index (χ1n) is 3.84. The molecule has 0 aromatic heterocycles. The van der Waals surface area contributed by atoms with Gasteiger partial charge in [-0.3, -0.25) is 0 Å². The molecule has 0 radical (unpaired) electrons. The quantitative estimate of drug-likeness (QED) is 0.846. The molecular weight excluding hydrogens is 209 g/mol. The SMILES string of the molecule is CSCC(N)c1cc(F)ccc1Cl. The first kappa shape index (κ1) is 10.8. The van der Waals surface area contributed by atoms with Crippen LogP contribution in [-0.2, 0) is 0 Å². The van der Waals surface area contributed by atoms with E-state index in [0.717, 1.165) is 5.75 Å². The van der Waals surface area contributed by atoms with Crippen LogP contribution in [0.1, 0.15) is 11.6 Å². The van der Waals surface area contributed by atoms with Crippen LogP contribution in [0.5, 0.6) is 0 Å². The standard InChI is InChI=1S/C9H11ClFNS/c1-13-5-9(12)7-4-6(11)2-3-8(7)10/h2-4,9H,5,12H2,1H3. The molecule has 0 amide bonds. The van der Waals surface area contributed by atoms with Gasteiger partial charge in [-0.05, 0) is 30.0 Å². The Hall–Kier alpha value is -0.250. The Kier molecular flexibility index (Phi) is 4.03. The van der Waals surface area contributed by atoms with E-state index < -0.39 is 0 Å². The summed E-state index contributed by atoms with van der Waals surface area (Å²) in [7, 11) is 0. The van der Waals surface area contributed by atoms with Crippen LogP contribution < -0.4 is 5.73 Å². The van der Waals surface area contributed by atoms with E-state index in [1.807, 2.05) is 6.26 Å². The lowest BCUT2D eigenvalue weighted by Crippen LogP contribution is -2.13. The average molecular weight is 220 g/mol. The van der Waals surface area contributed by atoms with E-state index in [1.165, 1.54) is 18.2 Å². The average Bonchev–Trinajstić information content (AvgIpc) is 2.09. The van der Waals surface area contributed by atoms with Gasteiger partial charge in [0.05, 0.1) is 0 Å². The first-order valence-corrected chi connectivity index (χ1v) is 5.61. The highest BCUT2D eigenvalue weighted by atomic mass is 35.5. The summed E-state index contributed by atoms with van der Waals surface area (Å²) < 4.78 is 12.8. The minimum absolute atomic E-state index is 0.196. The minimum Gasteiger partial charge on any atom is -0.323 e. The molecule has 2 N–H and O–H groups in total. The van der Waals surface area contributed by atoms with Crippen LogP contribution in [0.2, 0.25) is 5.02 Å². The smallest absolute Gasteiger partial charge is 0.123 e. The van der Waals surface area contributed by atoms with E-state index in [0.29, 0.717) is 10.6 Å². The zero-order chi connectivity index (χ0) is 9.84. The normalized spacial score (nSPS) is 12.9. The highest BCUT2D eigenvalue weighted by Crippen LogP contribution is 2.24. The van der Waals surface area contributed by atoms with Crippen molar-refractivity contribution in [1.82, 2.24) is 0 Å². The van der Waals surface area contributed by atoms with Crippen molar-refractivity contribution in [2.24, 2.45) is 5.73 Å². The van der Waals surface area contributed by atoms with Gasteiger partial charge < -0.3 is 5.73 Å². The summed E-state index contributed by atoms with van der Waals surface area (Å²) >= 11 is 7.48. The lowest BCUT2D eigenvalue weighted by Gasteiger charge is -2.11. The molecule has 4 heteroatoms.